The topological polar surface area (TPSA) is 49.9 Å². The molecule has 1 heterocycles. The number of fused-ring (bicyclic) bond motifs is 1. The van der Waals surface area contributed by atoms with Crippen LogP contribution in [-0.2, 0) is 9.05 Å². The zero-order valence-corrected chi connectivity index (χ0v) is 10.6. The average Bonchev–Trinajstić information content (AvgIpc) is 2.58. The van der Waals surface area contributed by atoms with Gasteiger partial charge in [0.15, 0.2) is 0 Å². The number of rotatable bonds is 2. The van der Waals surface area contributed by atoms with E-state index in [1.807, 2.05) is 6.07 Å². The van der Waals surface area contributed by atoms with Crippen LogP contribution in [-0.4, -0.2) is 13.4 Å². The smallest absolute Gasteiger partial charge is 0.261 e. The quantitative estimate of drug-likeness (QED) is 0.840. The van der Waals surface area contributed by atoms with E-state index in [2.05, 4.69) is 18.8 Å². The van der Waals surface area contributed by atoms with E-state index in [9.17, 15) is 8.42 Å². The van der Waals surface area contributed by atoms with Crippen LogP contribution in [0.15, 0.2) is 29.2 Å². The van der Waals surface area contributed by atoms with E-state index >= 15 is 0 Å². The predicted molar refractivity (Wildman–Crippen MR) is 65.4 cm³/mol. The molecule has 16 heavy (non-hydrogen) atoms. The Hall–Kier alpha value is -1.00. The summed E-state index contributed by atoms with van der Waals surface area (Å²) >= 11 is 0. The fourth-order valence-electron chi connectivity index (χ4n) is 1.60. The van der Waals surface area contributed by atoms with Gasteiger partial charge in [0.2, 0.25) is 0 Å². The fourth-order valence-corrected chi connectivity index (χ4v) is 2.38. The fraction of sp³-hybridized carbons (Fsp3) is 0.273. The Kier molecular flexibility index (Phi) is 2.72. The zero-order chi connectivity index (χ0) is 11.9. The van der Waals surface area contributed by atoms with E-state index in [4.69, 9.17) is 10.7 Å². The summed E-state index contributed by atoms with van der Waals surface area (Å²) in [6.45, 7) is 4.15. The summed E-state index contributed by atoms with van der Waals surface area (Å²) < 4.78 is 22.3. The van der Waals surface area contributed by atoms with Gasteiger partial charge in [-0.2, -0.15) is 0 Å². The largest absolute Gasteiger partial charge is 0.358 e. The highest BCUT2D eigenvalue weighted by atomic mass is 35.7. The molecule has 0 spiro atoms. The number of nitrogens with one attached hydrogen (secondary N) is 1. The Balaban J connectivity index is 2.63. The Morgan fingerprint density at radius 3 is 2.50 bits per heavy atom. The molecule has 0 radical (unpaired) electrons. The number of hydrogen-bond acceptors (Lipinski definition) is 2. The second-order valence-corrected chi connectivity index (χ2v) is 6.63. The Bertz CT molecular complexity index is 628. The average molecular weight is 258 g/mol. The second kappa shape index (κ2) is 3.79. The summed E-state index contributed by atoms with van der Waals surface area (Å²) in [5.41, 5.74) is 2.01. The van der Waals surface area contributed by atoms with Gasteiger partial charge < -0.3 is 4.98 Å². The van der Waals surface area contributed by atoms with E-state index in [0.717, 1.165) is 16.6 Å². The van der Waals surface area contributed by atoms with Gasteiger partial charge >= 0.3 is 0 Å². The van der Waals surface area contributed by atoms with Gasteiger partial charge in [-0.15, -0.1) is 0 Å². The molecule has 2 rings (SSSR count). The number of aromatic nitrogens is 1. The van der Waals surface area contributed by atoms with Gasteiger partial charge in [-0.05, 0) is 30.2 Å². The molecule has 0 saturated carbocycles. The van der Waals surface area contributed by atoms with Crippen molar-refractivity contribution in [1.82, 2.24) is 4.98 Å². The molecule has 1 aromatic carbocycles. The first-order chi connectivity index (χ1) is 7.38. The van der Waals surface area contributed by atoms with Crippen LogP contribution in [0, 0.1) is 0 Å². The highest BCUT2D eigenvalue weighted by Crippen LogP contribution is 2.24. The lowest BCUT2D eigenvalue weighted by Gasteiger charge is -1.97. The van der Waals surface area contributed by atoms with E-state index in [1.165, 1.54) is 6.07 Å². The third kappa shape index (κ3) is 2.08. The molecule has 3 nitrogen and oxygen atoms in total. The molecule has 0 unspecified atom stereocenters. The third-order valence-electron chi connectivity index (χ3n) is 2.52. The monoisotopic (exact) mass is 257 g/mol. The number of H-pyrrole nitrogens is 1. The van der Waals surface area contributed by atoms with Crippen molar-refractivity contribution in [3.8, 4) is 0 Å². The molecule has 2 aromatic rings. The summed E-state index contributed by atoms with van der Waals surface area (Å²) in [6.07, 6.45) is 0. The lowest BCUT2D eigenvalue weighted by atomic mass is 10.1. The van der Waals surface area contributed by atoms with Crippen molar-refractivity contribution in [3.63, 3.8) is 0 Å². The van der Waals surface area contributed by atoms with Gasteiger partial charge in [0.05, 0.1) is 4.90 Å². The van der Waals surface area contributed by atoms with Crippen molar-refractivity contribution in [3.05, 3.63) is 30.0 Å². The molecule has 0 amide bonds. The Morgan fingerprint density at radius 1 is 1.25 bits per heavy atom. The molecular formula is C11H12ClNO2S. The minimum absolute atomic E-state index is 0.135. The van der Waals surface area contributed by atoms with Crippen molar-refractivity contribution >= 4 is 30.6 Å². The molecule has 0 bridgehead atoms. The zero-order valence-electron chi connectivity index (χ0n) is 8.99. The van der Waals surface area contributed by atoms with Crippen LogP contribution in [0.1, 0.15) is 25.5 Å². The molecule has 0 fully saturated rings. The van der Waals surface area contributed by atoms with E-state index in [-0.39, 0.29) is 4.90 Å². The van der Waals surface area contributed by atoms with E-state index in [0.29, 0.717) is 5.92 Å². The molecule has 0 aliphatic heterocycles. The van der Waals surface area contributed by atoms with Crippen LogP contribution in [0.4, 0.5) is 0 Å². The Labute approximate surface area is 98.8 Å². The van der Waals surface area contributed by atoms with Crippen molar-refractivity contribution in [2.24, 2.45) is 0 Å². The second-order valence-electron chi connectivity index (χ2n) is 4.07. The lowest BCUT2D eigenvalue weighted by molar-refractivity contribution is 0.609. The summed E-state index contributed by atoms with van der Waals surface area (Å²) in [7, 11) is 1.64. The van der Waals surface area contributed by atoms with Crippen LogP contribution in [0.2, 0.25) is 0 Å². The lowest BCUT2D eigenvalue weighted by Crippen LogP contribution is -1.89. The maximum Gasteiger partial charge on any atom is 0.261 e. The number of aromatic amines is 1. The third-order valence-corrected chi connectivity index (χ3v) is 3.87. The highest BCUT2D eigenvalue weighted by Gasteiger charge is 2.12. The van der Waals surface area contributed by atoms with E-state index < -0.39 is 9.05 Å². The number of benzene rings is 1. The Morgan fingerprint density at radius 2 is 1.94 bits per heavy atom. The van der Waals surface area contributed by atoms with Gasteiger partial charge in [0.25, 0.3) is 9.05 Å². The molecule has 0 atom stereocenters. The molecule has 86 valence electrons. The van der Waals surface area contributed by atoms with Gasteiger partial charge in [0, 0.05) is 27.3 Å². The van der Waals surface area contributed by atoms with Crippen molar-refractivity contribution in [1.29, 1.82) is 0 Å². The first-order valence-electron chi connectivity index (χ1n) is 4.95. The first kappa shape index (κ1) is 11.5. The SMILES string of the molecule is CC(C)c1cc2cc(S(=O)(=O)Cl)ccc2[nH]1. The van der Waals surface area contributed by atoms with Gasteiger partial charge in [-0.25, -0.2) is 8.42 Å². The molecule has 0 saturated heterocycles. The summed E-state index contributed by atoms with van der Waals surface area (Å²) in [6, 6.07) is 6.77. The van der Waals surface area contributed by atoms with Crippen LogP contribution in [0.3, 0.4) is 0 Å². The van der Waals surface area contributed by atoms with Crippen molar-refractivity contribution in [2.75, 3.05) is 0 Å². The molecule has 1 aromatic heterocycles. The molecule has 1 N–H and O–H groups in total. The predicted octanol–water partition coefficient (Wildman–Crippen LogP) is 3.22. The normalized spacial score (nSPS) is 12.5. The molecule has 0 aliphatic carbocycles. The maximum absolute atomic E-state index is 11.2. The summed E-state index contributed by atoms with van der Waals surface area (Å²) in [4.78, 5) is 3.37. The minimum atomic E-state index is -3.65. The van der Waals surface area contributed by atoms with Crippen molar-refractivity contribution in [2.45, 2.75) is 24.7 Å². The molecule has 0 aliphatic rings. The van der Waals surface area contributed by atoms with Crippen LogP contribution in [0.5, 0.6) is 0 Å². The summed E-state index contributed by atoms with van der Waals surface area (Å²) in [5.74, 6) is 0.378. The van der Waals surface area contributed by atoms with Gasteiger partial charge in [-0.1, -0.05) is 13.8 Å². The molecular weight excluding hydrogens is 246 g/mol. The number of hydrogen-bond donors (Lipinski definition) is 1. The van der Waals surface area contributed by atoms with E-state index in [1.54, 1.807) is 12.1 Å². The van der Waals surface area contributed by atoms with Crippen LogP contribution >= 0.6 is 10.7 Å². The standard InChI is InChI=1S/C11H12ClNO2S/c1-7(2)11-6-8-5-9(16(12,14)15)3-4-10(8)13-11/h3-7,13H,1-2H3. The molecule has 5 heteroatoms. The van der Waals surface area contributed by atoms with Crippen molar-refractivity contribution < 1.29 is 8.42 Å². The minimum Gasteiger partial charge on any atom is -0.358 e. The number of halogens is 1. The van der Waals surface area contributed by atoms with Crippen LogP contribution < -0.4 is 0 Å². The summed E-state index contributed by atoms with van der Waals surface area (Å²) in [5, 5.41) is 0.866. The van der Waals surface area contributed by atoms with Gasteiger partial charge in [-0.3, -0.25) is 0 Å². The highest BCUT2D eigenvalue weighted by molar-refractivity contribution is 8.13. The maximum atomic E-state index is 11.2. The van der Waals surface area contributed by atoms with Crippen LogP contribution in [0.25, 0.3) is 10.9 Å². The van der Waals surface area contributed by atoms with Gasteiger partial charge in [0.1, 0.15) is 0 Å². The first-order valence-corrected chi connectivity index (χ1v) is 7.26.